The fraction of sp³-hybridized carbons (Fsp3) is 0.500. The SMILES string of the molecule is Cn1cnnc1CNCc1ncnn1C. The molecule has 0 aliphatic rings. The molecule has 2 aromatic rings. The second-order valence-electron chi connectivity index (χ2n) is 3.26. The molecular formula is C8H13N7. The second-order valence-corrected chi connectivity index (χ2v) is 3.26. The number of hydrogen-bond donors (Lipinski definition) is 1. The molecular weight excluding hydrogens is 194 g/mol. The Labute approximate surface area is 87.2 Å². The maximum Gasteiger partial charge on any atom is 0.146 e. The summed E-state index contributed by atoms with van der Waals surface area (Å²) in [5, 5.41) is 15.0. The van der Waals surface area contributed by atoms with Crippen LogP contribution in [0.4, 0.5) is 0 Å². The molecule has 2 aromatic heterocycles. The molecule has 0 aliphatic heterocycles. The predicted octanol–water partition coefficient (Wildman–Crippen LogP) is -0.767. The zero-order valence-corrected chi connectivity index (χ0v) is 8.75. The average Bonchev–Trinajstić information content (AvgIpc) is 2.78. The first-order chi connectivity index (χ1) is 7.27. The van der Waals surface area contributed by atoms with Crippen molar-refractivity contribution in [3.8, 4) is 0 Å². The highest BCUT2D eigenvalue weighted by molar-refractivity contribution is 4.86. The number of nitrogens with zero attached hydrogens (tertiary/aromatic N) is 6. The van der Waals surface area contributed by atoms with Gasteiger partial charge in [0.2, 0.25) is 0 Å². The van der Waals surface area contributed by atoms with Gasteiger partial charge in [-0.05, 0) is 0 Å². The Morgan fingerprint density at radius 3 is 2.67 bits per heavy atom. The Balaban J connectivity index is 1.86. The summed E-state index contributed by atoms with van der Waals surface area (Å²) < 4.78 is 3.62. The number of rotatable bonds is 4. The minimum absolute atomic E-state index is 0.670. The Hall–Kier alpha value is -1.76. The summed E-state index contributed by atoms with van der Waals surface area (Å²) in [4.78, 5) is 4.10. The van der Waals surface area contributed by atoms with Crippen molar-refractivity contribution >= 4 is 0 Å². The molecule has 15 heavy (non-hydrogen) atoms. The third-order valence-corrected chi connectivity index (χ3v) is 2.18. The molecule has 0 saturated heterocycles. The molecule has 0 aromatic carbocycles. The smallest absolute Gasteiger partial charge is 0.146 e. The van der Waals surface area contributed by atoms with Crippen LogP contribution in [0.25, 0.3) is 0 Å². The number of nitrogens with one attached hydrogen (secondary N) is 1. The van der Waals surface area contributed by atoms with Gasteiger partial charge in [-0.2, -0.15) is 5.10 Å². The molecule has 0 unspecified atom stereocenters. The Bertz CT molecular complexity index is 389. The molecule has 1 N–H and O–H groups in total. The molecule has 7 heteroatoms. The van der Waals surface area contributed by atoms with E-state index >= 15 is 0 Å². The Morgan fingerprint density at radius 2 is 2.07 bits per heavy atom. The molecule has 0 bridgehead atoms. The summed E-state index contributed by atoms with van der Waals surface area (Å²) >= 11 is 0. The molecule has 80 valence electrons. The van der Waals surface area contributed by atoms with E-state index in [0.717, 1.165) is 11.6 Å². The van der Waals surface area contributed by atoms with E-state index in [-0.39, 0.29) is 0 Å². The van der Waals surface area contributed by atoms with Gasteiger partial charge < -0.3 is 9.88 Å². The van der Waals surface area contributed by atoms with Crippen LogP contribution in [0.15, 0.2) is 12.7 Å². The zero-order chi connectivity index (χ0) is 10.7. The van der Waals surface area contributed by atoms with Gasteiger partial charge in [0, 0.05) is 14.1 Å². The van der Waals surface area contributed by atoms with E-state index < -0.39 is 0 Å². The molecule has 7 nitrogen and oxygen atoms in total. The molecule has 2 rings (SSSR count). The van der Waals surface area contributed by atoms with Crippen molar-refractivity contribution in [3.63, 3.8) is 0 Å². The van der Waals surface area contributed by atoms with Gasteiger partial charge in [0.1, 0.15) is 24.3 Å². The molecule has 2 heterocycles. The van der Waals surface area contributed by atoms with Crippen LogP contribution in [0.1, 0.15) is 11.6 Å². The van der Waals surface area contributed by atoms with Gasteiger partial charge in [0.15, 0.2) is 0 Å². The fourth-order valence-electron chi connectivity index (χ4n) is 1.23. The average molecular weight is 207 g/mol. The van der Waals surface area contributed by atoms with Crippen molar-refractivity contribution in [2.45, 2.75) is 13.1 Å². The van der Waals surface area contributed by atoms with Crippen molar-refractivity contribution in [2.75, 3.05) is 0 Å². The van der Waals surface area contributed by atoms with Gasteiger partial charge in [-0.25, -0.2) is 4.98 Å². The quantitative estimate of drug-likeness (QED) is 0.713. The van der Waals surface area contributed by atoms with E-state index in [2.05, 4.69) is 25.6 Å². The minimum Gasteiger partial charge on any atom is -0.320 e. The van der Waals surface area contributed by atoms with Gasteiger partial charge in [-0.15, -0.1) is 10.2 Å². The van der Waals surface area contributed by atoms with Crippen LogP contribution in [0.3, 0.4) is 0 Å². The summed E-state index contributed by atoms with van der Waals surface area (Å²) in [5.41, 5.74) is 0. The van der Waals surface area contributed by atoms with E-state index in [4.69, 9.17) is 0 Å². The summed E-state index contributed by atoms with van der Waals surface area (Å²) in [7, 11) is 3.78. The Morgan fingerprint density at radius 1 is 1.27 bits per heavy atom. The Kier molecular flexibility index (Phi) is 2.72. The van der Waals surface area contributed by atoms with E-state index in [1.54, 1.807) is 17.3 Å². The van der Waals surface area contributed by atoms with Gasteiger partial charge in [0.25, 0.3) is 0 Å². The third kappa shape index (κ3) is 2.18. The van der Waals surface area contributed by atoms with E-state index in [0.29, 0.717) is 13.1 Å². The molecule has 0 amide bonds. The van der Waals surface area contributed by atoms with Crippen molar-refractivity contribution in [2.24, 2.45) is 14.1 Å². The highest BCUT2D eigenvalue weighted by Gasteiger charge is 2.02. The van der Waals surface area contributed by atoms with Crippen molar-refractivity contribution in [1.29, 1.82) is 0 Å². The van der Waals surface area contributed by atoms with Crippen LogP contribution in [-0.2, 0) is 27.2 Å². The van der Waals surface area contributed by atoms with Crippen molar-refractivity contribution in [1.82, 2.24) is 34.8 Å². The van der Waals surface area contributed by atoms with E-state index in [1.807, 2.05) is 18.7 Å². The molecule has 0 saturated carbocycles. The summed E-state index contributed by atoms with van der Waals surface area (Å²) in [5.74, 6) is 1.80. The van der Waals surface area contributed by atoms with Gasteiger partial charge in [-0.3, -0.25) is 4.68 Å². The number of aryl methyl sites for hydroxylation is 2. The third-order valence-electron chi connectivity index (χ3n) is 2.18. The maximum absolute atomic E-state index is 4.10. The summed E-state index contributed by atoms with van der Waals surface area (Å²) in [6.07, 6.45) is 3.22. The van der Waals surface area contributed by atoms with Crippen LogP contribution in [-0.4, -0.2) is 29.5 Å². The summed E-state index contributed by atoms with van der Waals surface area (Å²) in [6, 6.07) is 0. The molecule has 0 atom stereocenters. The number of hydrogen-bond acceptors (Lipinski definition) is 5. The molecule has 0 spiro atoms. The maximum atomic E-state index is 4.10. The van der Waals surface area contributed by atoms with Crippen LogP contribution in [0, 0.1) is 0 Å². The highest BCUT2D eigenvalue weighted by atomic mass is 15.3. The monoisotopic (exact) mass is 207 g/mol. The lowest BCUT2D eigenvalue weighted by atomic mass is 10.5. The fourth-order valence-corrected chi connectivity index (χ4v) is 1.23. The lowest BCUT2D eigenvalue weighted by Gasteiger charge is -2.03. The van der Waals surface area contributed by atoms with Crippen molar-refractivity contribution < 1.29 is 0 Å². The lowest BCUT2D eigenvalue weighted by molar-refractivity contribution is 0.589. The first-order valence-electron chi connectivity index (χ1n) is 4.64. The topological polar surface area (TPSA) is 73.5 Å². The predicted molar refractivity (Wildman–Crippen MR) is 52.5 cm³/mol. The molecule has 0 fully saturated rings. The van der Waals surface area contributed by atoms with Gasteiger partial charge >= 0.3 is 0 Å². The normalized spacial score (nSPS) is 10.8. The first kappa shape index (κ1) is 9.78. The zero-order valence-electron chi connectivity index (χ0n) is 8.75. The van der Waals surface area contributed by atoms with Crippen LogP contribution < -0.4 is 5.32 Å². The van der Waals surface area contributed by atoms with Crippen LogP contribution >= 0.6 is 0 Å². The first-order valence-corrected chi connectivity index (χ1v) is 4.64. The summed E-state index contributed by atoms with van der Waals surface area (Å²) in [6.45, 7) is 1.34. The molecule has 0 aliphatic carbocycles. The molecule has 0 radical (unpaired) electrons. The van der Waals surface area contributed by atoms with E-state index in [1.165, 1.54) is 0 Å². The van der Waals surface area contributed by atoms with E-state index in [9.17, 15) is 0 Å². The van der Waals surface area contributed by atoms with Gasteiger partial charge in [-0.1, -0.05) is 0 Å². The standard InChI is InChI=1S/C8H13N7/c1-14-6-11-13-8(14)4-9-3-7-10-5-12-15(7)2/h5-6,9H,3-4H2,1-2H3. The lowest BCUT2D eigenvalue weighted by Crippen LogP contribution is -2.18. The minimum atomic E-state index is 0.670. The van der Waals surface area contributed by atoms with Crippen LogP contribution in [0.2, 0.25) is 0 Å². The van der Waals surface area contributed by atoms with Gasteiger partial charge in [0.05, 0.1) is 13.1 Å². The number of aromatic nitrogens is 6. The highest BCUT2D eigenvalue weighted by Crippen LogP contribution is 1.93. The van der Waals surface area contributed by atoms with Crippen LogP contribution in [0.5, 0.6) is 0 Å². The largest absolute Gasteiger partial charge is 0.320 e. The van der Waals surface area contributed by atoms with Crippen molar-refractivity contribution in [3.05, 3.63) is 24.3 Å². The second kappa shape index (κ2) is 4.18.